The first kappa shape index (κ1) is 16.8. The number of hydrogen-bond acceptors (Lipinski definition) is 3. The molecule has 1 fully saturated rings. The van der Waals surface area contributed by atoms with Crippen LogP contribution >= 0.6 is 12.2 Å². The Labute approximate surface area is 137 Å². The number of nitrogens with one attached hydrogen (secondary N) is 2. The van der Waals surface area contributed by atoms with E-state index in [2.05, 4.69) is 36.3 Å². The Kier molecular flexibility index (Phi) is 5.11. The third kappa shape index (κ3) is 4.47. The summed E-state index contributed by atoms with van der Waals surface area (Å²) in [6.45, 7) is 9.39. The van der Waals surface area contributed by atoms with E-state index in [4.69, 9.17) is 16.6 Å². The molecule has 0 aliphatic carbocycles. The minimum atomic E-state index is 0.00823. The van der Waals surface area contributed by atoms with E-state index in [1.165, 1.54) is 0 Å². The smallest absolute Gasteiger partial charge is 0.222 e. The van der Waals surface area contributed by atoms with Gasteiger partial charge in [0.1, 0.15) is 11.5 Å². The molecule has 0 spiro atoms. The second kappa shape index (κ2) is 6.69. The molecule has 1 aromatic heterocycles. The van der Waals surface area contributed by atoms with E-state index in [-0.39, 0.29) is 11.4 Å². The van der Waals surface area contributed by atoms with Crippen LogP contribution in [-0.4, -0.2) is 34.0 Å². The normalized spacial score (nSPS) is 20.6. The van der Waals surface area contributed by atoms with Gasteiger partial charge in [-0.3, -0.25) is 4.79 Å². The fraction of sp³-hybridized carbons (Fsp3) is 0.625. The van der Waals surface area contributed by atoms with Crippen LogP contribution in [0.4, 0.5) is 0 Å². The van der Waals surface area contributed by atoms with Crippen molar-refractivity contribution >= 4 is 23.2 Å². The van der Waals surface area contributed by atoms with E-state index < -0.39 is 0 Å². The van der Waals surface area contributed by atoms with Gasteiger partial charge in [-0.15, -0.1) is 0 Å². The summed E-state index contributed by atoms with van der Waals surface area (Å²) in [5.41, 5.74) is 0.0202. The first-order valence-electron chi connectivity index (χ1n) is 7.68. The SMILES string of the molecule is Cc1ccc(CNC(=O)CCN2C(=S)NC(C)(C)CC2C)o1. The van der Waals surface area contributed by atoms with Gasteiger partial charge in [0.25, 0.3) is 0 Å². The first-order chi connectivity index (χ1) is 10.3. The Bertz CT molecular complexity index is 553. The van der Waals surface area contributed by atoms with Gasteiger partial charge in [-0.05, 0) is 58.5 Å². The molecule has 1 aliphatic rings. The summed E-state index contributed by atoms with van der Waals surface area (Å²) in [6, 6.07) is 4.11. The molecule has 1 aliphatic heterocycles. The molecule has 1 amide bonds. The van der Waals surface area contributed by atoms with Crippen molar-refractivity contribution in [2.24, 2.45) is 0 Å². The first-order valence-corrected chi connectivity index (χ1v) is 8.08. The molecule has 22 heavy (non-hydrogen) atoms. The molecule has 1 atom stereocenters. The molecule has 0 saturated carbocycles. The van der Waals surface area contributed by atoms with E-state index in [1.807, 2.05) is 19.1 Å². The fourth-order valence-corrected chi connectivity index (χ4v) is 3.41. The summed E-state index contributed by atoms with van der Waals surface area (Å²) < 4.78 is 5.43. The largest absolute Gasteiger partial charge is 0.465 e. The third-order valence-electron chi connectivity index (χ3n) is 3.88. The molecule has 0 aromatic carbocycles. The van der Waals surface area contributed by atoms with Crippen molar-refractivity contribution in [3.63, 3.8) is 0 Å². The summed E-state index contributed by atoms with van der Waals surface area (Å²) >= 11 is 5.42. The highest BCUT2D eigenvalue weighted by Gasteiger charge is 2.32. The minimum Gasteiger partial charge on any atom is -0.465 e. The third-order valence-corrected chi connectivity index (χ3v) is 4.22. The minimum absolute atomic E-state index is 0.00823. The van der Waals surface area contributed by atoms with Crippen LogP contribution < -0.4 is 10.6 Å². The van der Waals surface area contributed by atoms with Crippen molar-refractivity contribution in [3.05, 3.63) is 23.7 Å². The van der Waals surface area contributed by atoms with Crippen molar-refractivity contribution in [1.29, 1.82) is 0 Å². The molecular weight excluding hydrogens is 298 g/mol. The average molecular weight is 323 g/mol. The van der Waals surface area contributed by atoms with E-state index in [9.17, 15) is 4.79 Å². The van der Waals surface area contributed by atoms with Crippen LogP contribution in [0, 0.1) is 6.92 Å². The van der Waals surface area contributed by atoms with Gasteiger partial charge in [0, 0.05) is 24.5 Å². The quantitative estimate of drug-likeness (QED) is 0.815. The van der Waals surface area contributed by atoms with Crippen molar-refractivity contribution in [2.75, 3.05) is 6.54 Å². The maximum atomic E-state index is 12.0. The number of carbonyl (C=O) groups is 1. The van der Waals surface area contributed by atoms with Gasteiger partial charge in [0.2, 0.25) is 5.91 Å². The summed E-state index contributed by atoms with van der Waals surface area (Å²) in [6.07, 6.45) is 1.42. The molecule has 2 heterocycles. The molecular formula is C16H25N3O2S. The molecule has 1 saturated heterocycles. The monoisotopic (exact) mass is 323 g/mol. The van der Waals surface area contributed by atoms with Crippen molar-refractivity contribution in [3.8, 4) is 0 Å². The lowest BCUT2D eigenvalue weighted by Crippen LogP contribution is -2.60. The highest BCUT2D eigenvalue weighted by atomic mass is 32.1. The molecule has 2 N–H and O–H groups in total. The molecule has 6 heteroatoms. The summed E-state index contributed by atoms with van der Waals surface area (Å²) in [5.74, 6) is 1.63. The van der Waals surface area contributed by atoms with Gasteiger partial charge in [0.05, 0.1) is 6.54 Å². The number of rotatable bonds is 5. The maximum absolute atomic E-state index is 12.0. The van der Waals surface area contributed by atoms with Crippen LogP contribution in [0.1, 0.15) is 45.1 Å². The van der Waals surface area contributed by atoms with Crippen LogP contribution in [-0.2, 0) is 11.3 Å². The van der Waals surface area contributed by atoms with Crippen molar-refractivity contribution in [2.45, 2.75) is 58.7 Å². The van der Waals surface area contributed by atoms with E-state index in [1.54, 1.807) is 0 Å². The second-order valence-electron chi connectivity index (χ2n) is 6.60. The molecule has 122 valence electrons. The molecule has 1 aromatic rings. The van der Waals surface area contributed by atoms with E-state index in [0.717, 1.165) is 23.1 Å². The van der Waals surface area contributed by atoms with Gasteiger partial charge in [-0.25, -0.2) is 0 Å². The standard InChI is InChI=1S/C16H25N3O2S/c1-11-9-16(3,4)18-15(22)19(11)8-7-14(20)17-10-13-6-5-12(2)21-13/h5-6,11H,7-10H2,1-4H3,(H,17,20)(H,18,22). The Hall–Kier alpha value is -1.56. The Morgan fingerprint density at radius 3 is 2.86 bits per heavy atom. The zero-order valence-electron chi connectivity index (χ0n) is 13.7. The summed E-state index contributed by atoms with van der Waals surface area (Å²) in [4.78, 5) is 14.1. The number of thiocarbonyl (C=S) groups is 1. The molecule has 0 radical (unpaired) electrons. The number of aryl methyl sites for hydroxylation is 1. The highest BCUT2D eigenvalue weighted by Crippen LogP contribution is 2.22. The Balaban J connectivity index is 1.77. The Morgan fingerprint density at radius 1 is 1.55 bits per heavy atom. The van der Waals surface area contributed by atoms with Gasteiger partial charge in [-0.1, -0.05) is 0 Å². The molecule has 0 bridgehead atoms. The van der Waals surface area contributed by atoms with Crippen molar-refractivity contribution < 1.29 is 9.21 Å². The molecule has 2 rings (SSSR count). The average Bonchev–Trinajstić information content (AvgIpc) is 2.80. The topological polar surface area (TPSA) is 57.5 Å². The number of furan rings is 1. The number of nitrogens with zero attached hydrogens (tertiary/aromatic N) is 1. The highest BCUT2D eigenvalue weighted by molar-refractivity contribution is 7.80. The van der Waals surface area contributed by atoms with Crippen LogP contribution in [0.5, 0.6) is 0 Å². The number of amides is 1. The van der Waals surface area contributed by atoms with Gasteiger partial charge < -0.3 is 20.0 Å². The van der Waals surface area contributed by atoms with Gasteiger partial charge in [0.15, 0.2) is 5.11 Å². The number of carbonyl (C=O) groups excluding carboxylic acids is 1. The fourth-order valence-electron chi connectivity index (χ4n) is 2.86. The van der Waals surface area contributed by atoms with Crippen LogP contribution in [0.15, 0.2) is 16.5 Å². The van der Waals surface area contributed by atoms with Crippen molar-refractivity contribution in [1.82, 2.24) is 15.5 Å². The van der Waals surface area contributed by atoms with Crippen LogP contribution in [0.25, 0.3) is 0 Å². The van der Waals surface area contributed by atoms with Crippen LogP contribution in [0.2, 0.25) is 0 Å². The van der Waals surface area contributed by atoms with Crippen LogP contribution in [0.3, 0.4) is 0 Å². The lowest BCUT2D eigenvalue weighted by atomic mass is 9.93. The van der Waals surface area contributed by atoms with E-state index in [0.29, 0.717) is 25.6 Å². The molecule has 5 nitrogen and oxygen atoms in total. The zero-order chi connectivity index (χ0) is 16.3. The predicted molar refractivity (Wildman–Crippen MR) is 90.5 cm³/mol. The second-order valence-corrected chi connectivity index (χ2v) is 6.99. The van der Waals surface area contributed by atoms with E-state index >= 15 is 0 Å². The van der Waals surface area contributed by atoms with Gasteiger partial charge in [-0.2, -0.15) is 0 Å². The van der Waals surface area contributed by atoms with Gasteiger partial charge >= 0.3 is 0 Å². The zero-order valence-corrected chi connectivity index (χ0v) is 14.5. The number of hydrogen-bond donors (Lipinski definition) is 2. The maximum Gasteiger partial charge on any atom is 0.222 e. The molecule has 1 unspecified atom stereocenters. The Morgan fingerprint density at radius 2 is 2.27 bits per heavy atom. The summed E-state index contributed by atoms with van der Waals surface area (Å²) in [5, 5.41) is 6.94. The lowest BCUT2D eigenvalue weighted by Gasteiger charge is -2.44. The lowest BCUT2D eigenvalue weighted by molar-refractivity contribution is -0.121. The summed E-state index contributed by atoms with van der Waals surface area (Å²) in [7, 11) is 0. The predicted octanol–water partition coefficient (Wildman–Crippen LogP) is 2.34.